The van der Waals surface area contributed by atoms with Crippen LogP contribution in [0.15, 0.2) is 48.2 Å². The largest absolute Gasteiger partial charge is 0.395 e. The number of rotatable bonds is 5. The number of aliphatic hydroxyl groups is 1. The summed E-state index contributed by atoms with van der Waals surface area (Å²) in [5.41, 5.74) is 3.37. The van der Waals surface area contributed by atoms with Crippen molar-refractivity contribution in [3.05, 3.63) is 70.7 Å². The predicted molar refractivity (Wildman–Crippen MR) is 101 cm³/mol. The van der Waals surface area contributed by atoms with E-state index in [9.17, 15) is 19.1 Å². The van der Waals surface area contributed by atoms with Crippen LogP contribution in [0.2, 0.25) is 0 Å². The second kappa shape index (κ2) is 7.32. The fourth-order valence-electron chi connectivity index (χ4n) is 3.11. The minimum atomic E-state index is -0.463. The lowest BCUT2D eigenvalue weighted by atomic mass is 10.0. The Morgan fingerprint density at radius 3 is 2.26 bits per heavy atom. The summed E-state index contributed by atoms with van der Waals surface area (Å²) in [6.07, 6.45) is 0. The zero-order valence-electron chi connectivity index (χ0n) is 15.5. The molecule has 1 heterocycles. The summed E-state index contributed by atoms with van der Waals surface area (Å²) in [5.74, 6) is -1.35. The summed E-state index contributed by atoms with van der Waals surface area (Å²) in [6, 6.07) is 10.8. The highest BCUT2D eigenvalue weighted by Gasteiger charge is 2.41. The average molecular weight is 368 g/mol. The highest BCUT2D eigenvalue weighted by molar-refractivity contribution is 6.45. The van der Waals surface area contributed by atoms with Crippen LogP contribution in [0.5, 0.6) is 0 Å². The first-order valence-corrected chi connectivity index (χ1v) is 8.63. The number of carbonyl (C=O) groups excluding carboxylic acids is 2. The SMILES string of the molecule is Cc1ccc(N2C(=O)C(c3ccc(F)cc3)=C(N(C)CCO)C2=O)cc1C. The van der Waals surface area contributed by atoms with Crippen LogP contribution in [-0.4, -0.2) is 42.0 Å². The maximum atomic E-state index is 13.3. The number of hydrogen-bond acceptors (Lipinski definition) is 4. The van der Waals surface area contributed by atoms with Crippen LogP contribution in [0.4, 0.5) is 10.1 Å². The molecular weight excluding hydrogens is 347 g/mol. The van der Waals surface area contributed by atoms with E-state index in [4.69, 9.17) is 0 Å². The van der Waals surface area contributed by atoms with Crippen molar-refractivity contribution in [1.82, 2.24) is 4.90 Å². The fourth-order valence-corrected chi connectivity index (χ4v) is 3.11. The molecule has 2 aromatic rings. The number of imide groups is 1. The van der Waals surface area contributed by atoms with Crippen LogP contribution in [0.25, 0.3) is 5.57 Å². The molecule has 5 nitrogen and oxygen atoms in total. The van der Waals surface area contributed by atoms with Crippen molar-refractivity contribution < 1.29 is 19.1 Å². The molecule has 0 radical (unpaired) electrons. The van der Waals surface area contributed by atoms with Gasteiger partial charge in [-0.05, 0) is 54.8 Å². The number of aliphatic hydroxyl groups excluding tert-OH is 1. The van der Waals surface area contributed by atoms with Crippen LogP contribution in [0.1, 0.15) is 16.7 Å². The quantitative estimate of drug-likeness (QED) is 0.825. The minimum absolute atomic E-state index is 0.165. The molecule has 0 saturated carbocycles. The number of halogens is 1. The monoisotopic (exact) mass is 368 g/mol. The second-order valence-electron chi connectivity index (χ2n) is 6.59. The number of carbonyl (C=O) groups is 2. The highest BCUT2D eigenvalue weighted by Crippen LogP contribution is 2.34. The van der Waals surface area contributed by atoms with E-state index in [1.807, 2.05) is 19.9 Å². The summed E-state index contributed by atoms with van der Waals surface area (Å²) in [4.78, 5) is 29.0. The number of nitrogens with zero attached hydrogens (tertiary/aromatic N) is 2. The maximum absolute atomic E-state index is 13.3. The fraction of sp³-hybridized carbons (Fsp3) is 0.238. The van der Waals surface area contributed by atoms with Crippen LogP contribution in [0.3, 0.4) is 0 Å². The second-order valence-corrected chi connectivity index (χ2v) is 6.59. The van der Waals surface area contributed by atoms with Gasteiger partial charge in [0.1, 0.15) is 11.5 Å². The Labute approximate surface area is 157 Å². The molecule has 0 saturated heterocycles. The van der Waals surface area contributed by atoms with E-state index in [1.54, 1.807) is 24.1 Å². The maximum Gasteiger partial charge on any atom is 0.282 e. The van der Waals surface area contributed by atoms with Crippen molar-refractivity contribution in [3.63, 3.8) is 0 Å². The van der Waals surface area contributed by atoms with Gasteiger partial charge in [-0.25, -0.2) is 9.29 Å². The van der Waals surface area contributed by atoms with Crippen molar-refractivity contribution in [2.24, 2.45) is 0 Å². The molecule has 0 unspecified atom stereocenters. The summed E-state index contributed by atoms with van der Waals surface area (Å²) >= 11 is 0. The van der Waals surface area contributed by atoms with E-state index >= 15 is 0 Å². The number of anilines is 1. The molecular formula is C21H21FN2O3. The Balaban J connectivity index is 2.13. The summed E-state index contributed by atoms with van der Waals surface area (Å²) in [7, 11) is 1.64. The van der Waals surface area contributed by atoms with E-state index in [0.29, 0.717) is 11.3 Å². The van der Waals surface area contributed by atoms with E-state index in [-0.39, 0.29) is 24.4 Å². The molecule has 0 aromatic heterocycles. The van der Waals surface area contributed by atoms with E-state index in [0.717, 1.165) is 16.0 Å². The van der Waals surface area contributed by atoms with Gasteiger partial charge in [-0.1, -0.05) is 18.2 Å². The van der Waals surface area contributed by atoms with Gasteiger partial charge >= 0.3 is 0 Å². The average Bonchev–Trinajstić information content (AvgIpc) is 2.89. The van der Waals surface area contributed by atoms with Gasteiger partial charge in [0.2, 0.25) is 0 Å². The minimum Gasteiger partial charge on any atom is -0.395 e. The van der Waals surface area contributed by atoms with E-state index in [1.165, 1.54) is 24.3 Å². The lowest BCUT2D eigenvalue weighted by Gasteiger charge is -2.20. The molecule has 1 N–H and O–H groups in total. The first kappa shape index (κ1) is 18.8. The third kappa shape index (κ3) is 3.36. The number of aryl methyl sites for hydroxylation is 2. The van der Waals surface area contributed by atoms with Crippen LogP contribution >= 0.6 is 0 Å². The zero-order valence-corrected chi connectivity index (χ0v) is 15.5. The molecule has 2 amide bonds. The van der Waals surface area contributed by atoms with Gasteiger partial charge in [0.25, 0.3) is 11.8 Å². The summed E-state index contributed by atoms with van der Waals surface area (Å²) in [6.45, 7) is 3.90. The van der Waals surface area contributed by atoms with Crippen LogP contribution in [-0.2, 0) is 9.59 Å². The molecule has 0 aliphatic carbocycles. The molecule has 1 aliphatic rings. The van der Waals surface area contributed by atoms with Gasteiger partial charge in [-0.15, -0.1) is 0 Å². The summed E-state index contributed by atoms with van der Waals surface area (Å²) < 4.78 is 13.3. The van der Waals surface area contributed by atoms with Crippen molar-refractivity contribution in [2.45, 2.75) is 13.8 Å². The lowest BCUT2D eigenvalue weighted by molar-refractivity contribution is -0.120. The van der Waals surface area contributed by atoms with Gasteiger partial charge in [0.15, 0.2) is 0 Å². The van der Waals surface area contributed by atoms with Gasteiger partial charge in [0.05, 0.1) is 17.9 Å². The van der Waals surface area contributed by atoms with Gasteiger partial charge in [-0.2, -0.15) is 0 Å². The Bertz CT molecular complexity index is 935. The topological polar surface area (TPSA) is 60.9 Å². The van der Waals surface area contributed by atoms with E-state index in [2.05, 4.69) is 0 Å². The number of likely N-dealkylation sites (N-methyl/N-ethyl adjacent to an activating group) is 1. The molecule has 0 spiro atoms. The number of benzene rings is 2. The third-order valence-corrected chi connectivity index (χ3v) is 4.76. The van der Waals surface area contributed by atoms with Crippen molar-refractivity contribution in [3.8, 4) is 0 Å². The third-order valence-electron chi connectivity index (χ3n) is 4.76. The van der Waals surface area contributed by atoms with Crippen molar-refractivity contribution in [1.29, 1.82) is 0 Å². The van der Waals surface area contributed by atoms with Gasteiger partial charge < -0.3 is 10.0 Å². The molecule has 6 heteroatoms. The summed E-state index contributed by atoms with van der Waals surface area (Å²) in [5, 5.41) is 9.27. The Morgan fingerprint density at radius 2 is 1.67 bits per heavy atom. The molecule has 27 heavy (non-hydrogen) atoms. The Hall–Kier alpha value is -2.99. The lowest BCUT2D eigenvalue weighted by Crippen LogP contribution is -2.35. The standard InChI is InChI=1S/C21H21FN2O3/c1-13-4-9-17(12-14(13)2)24-20(26)18(15-5-7-16(22)8-6-15)19(21(24)27)23(3)10-11-25/h4-9,12,25H,10-11H2,1-3H3. The van der Waals surface area contributed by atoms with Gasteiger partial charge in [0, 0.05) is 13.6 Å². The Morgan fingerprint density at radius 1 is 1.00 bits per heavy atom. The molecule has 0 atom stereocenters. The molecule has 0 bridgehead atoms. The molecule has 1 aliphatic heterocycles. The van der Waals surface area contributed by atoms with Crippen molar-refractivity contribution >= 4 is 23.1 Å². The normalized spacial score (nSPS) is 14.3. The van der Waals surface area contributed by atoms with E-state index < -0.39 is 17.6 Å². The van der Waals surface area contributed by atoms with Crippen molar-refractivity contribution in [2.75, 3.05) is 25.1 Å². The molecule has 140 valence electrons. The van der Waals surface area contributed by atoms with Gasteiger partial charge in [-0.3, -0.25) is 9.59 Å². The zero-order chi connectivity index (χ0) is 19.7. The van der Waals surface area contributed by atoms with Crippen LogP contribution < -0.4 is 4.90 Å². The first-order chi connectivity index (χ1) is 12.8. The first-order valence-electron chi connectivity index (χ1n) is 8.63. The molecule has 3 rings (SSSR count). The van der Waals surface area contributed by atoms with Crippen LogP contribution in [0, 0.1) is 19.7 Å². The predicted octanol–water partition coefficient (Wildman–Crippen LogP) is 2.65. The number of hydrogen-bond donors (Lipinski definition) is 1. The Kier molecular flexibility index (Phi) is 5.10. The highest BCUT2D eigenvalue weighted by atomic mass is 19.1. The smallest absolute Gasteiger partial charge is 0.282 e. The molecule has 0 fully saturated rings. The molecule has 2 aromatic carbocycles. The number of amides is 2.